The summed E-state index contributed by atoms with van der Waals surface area (Å²) in [6.07, 6.45) is 1.88. The number of aromatic nitrogens is 2. The quantitative estimate of drug-likeness (QED) is 0.253. The number of carbonyl (C=O) groups is 2. The molecule has 7 nitrogen and oxygen atoms in total. The number of imidazole rings is 1. The third-order valence-electron chi connectivity index (χ3n) is 5.73. The van der Waals surface area contributed by atoms with Crippen LogP contribution < -0.4 is 14.5 Å². The maximum Gasteiger partial charge on any atom is 0.246 e. The lowest BCUT2D eigenvalue weighted by molar-refractivity contribution is -0.121. The Labute approximate surface area is 227 Å². The average molecular weight is 590 g/mol. The Morgan fingerprint density at radius 3 is 2.50 bits per heavy atom. The molecule has 0 bridgehead atoms. The molecule has 2 amide bonds. The minimum absolute atomic E-state index is 0.0698. The van der Waals surface area contributed by atoms with Crippen molar-refractivity contribution in [2.24, 2.45) is 0 Å². The van der Waals surface area contributed by atoms with E-state index in [-0.39, 0.29) is 25.0 Å². The molecule has 10 heteroatoms. The van der Waals surface area contributed by atoms with Crippen LogP contribution in [0.25, 0.3) is 5.65 Å². The number of ether oxygens (including phenoxy) is 1. The molecule has 0 aliphatic rings. The first-order valence-electron chi connectivity index (χ1n) is 11.0. The predicted molar refractivity (Wildman–Crippen MR) is 146 cm³/mol. The van der Waals surface area contributed by atoms with Gasteiger partial charge in [-0.1, -0.05) is 41.4 Å². The molecular formula is C26H23BrCl2N4O3. The Morgan fingerprint density at radius 2 is 1.81 bits per heavy atom. The van der Waals surface area contributed by atoms with Crippen molar-refractivity contribution >= 4 is 68.0 Å². The second-order valence-electron chi connectivity index (χ2n) is 8.10. The second kappa shape index (κ2) is 10.9. The van der Waals surface area contributed by atoms with E-state index in [4.69, 9.17) is 27.9 Å². The lowest BCUT2D eigenvalue weighted by atomic mass is 10.2. The number of hydrogen-bond acceptors (Lipinski definition) is 4. The third-order valence-corrected chi connectivity index (χ3v) is 7.46. The van der Waals surface area contributed by atoms with Crippen molar-refractivity contribution < 1.29 is 14.3 Å². The molecule has 0 saturated heterocycles. The lowest BCUT2D eigenvalue weighted by Crippen LogP contribution is -2.41. The van der Waals surface area contributed by atoms with Crippen LogP contribution in [0.4, 0.5) is 11.4 Å². The van der Waals surface area contributed by atoms with Gasteiger partial charge in [0.2, 0.25) is 11.8 Å². The van der Waals surface area contributed by atoms with E-state index < -0.39 is 0 Å². The molecule has 2 aromatic heterocycles. The lowest BCUT2D eigenvalue weighted by Gasteiger charge is -2.26. The fourth-order valence-electron chi connectivity index (χ4n) is 3.73. The number of aryl methyl sites for hydroxylation is 1. The molecule has 0 fully saturated rings. The minimum atomic E-state index is -0.312. The summed E-state index contributed by atoms with van der Waals surface area (Å²) in [5, 5.41) is 0.701. The molecule has 0 unspecified atom stereocenters. The van der Waals surface area contributed by atoms with Crippen LogP contribution in [0.2, 0.25) is 10.0 Å². The fourth-order valence-corrected chi connectivity index (χ4v) is 4.72. The van der Waals surface area contributed by atoms with Gasteiger partial charge in [-0.2, -0.15) is 0 Å². The highest BCUT2D eigenvalue weighted by molar-refractivity contribution is 9.10. The molecule has 0 aliphatic carbocycles. The summed E-state index contributed by atoms with van der Waals surface area (Å²) in [5.41, 5.74) is 3.12. The van der Waals surface area contributed by atoms with Gasteiger partial charge in [-0.3, -0.25) is 14.0 Å². The second-order valence-corrected chi connectivity index (χ2v) is 9.63. The number of anilines is 2. The maximum atomic E-state index is 13.1. The van der Waals surface area contributed by atoms with Gasteiger partial charge in [0.25, 0.3) is 0 Å². The number of likely N-dealkylation sites (N-methyl/N-ethyl adjacent to an activating group) is 1. The van der Waals surface area contributed by atoms with Gasteiger partial charge in [0, 0.05) is 36.4 Å². The standard InChI is InChI=1S/C26H23BrCl2N4O3/c1-16-25(27)32-13-7-10-22(26(32)30-16)36-15-19-20(28)11-12-21(24(19)29)31(3)23(35)14-33(17(2)34)18-8-5-4-6-9-18/h4-13H,14-15H2,1-3H3. The number of nitrogens with zero attached hydrogens (tertiary/aromatic N) is 4. The molecule has 0 spiro atoms. The smallest absolute Gasteiger partial charge is 0.246 e. The molecule has 36 heavy (non-hydrogen) atoms. The number of carbonyl (C=O) groups excluding carboxylic acids is 2. The van der Waals surface area contributed by atoms with Crippen molar-refractivity contribution in [3.63, 3.8) is 0 Å². The molecule has 0 radical (unpaired) electrons. The molecule has 0 N–H and O–H groups in total. The molecule has 0 atom stereocenters. The molecule has 0 aliphatic heterocycles. The monoisotopic (exact) mass is 588 g/mol. The van der Waals surface area contributed by atoms with E-state index in [1.807, 2.05) is 47.9 Å². The van der Waals surface area contributed by atoms with Crippen LogP contribution in [0.5, 0.6) is 5.75 Å². The van der Waals surface area contributed by atoms with Gasteiger partial charge in [0.1, 0.15) is 17.8 Å². The van der Waals surface area contributed by atoms with Crippen molar-refractivity contribution in [3.05, 3.63) is 86.7 Å². The van der Waals surface area contributed by atoms with Gasteiger partial charge >= 0.3 is 0 Å². The molecule has 2 aromatic carbocycles. The third kappa shape index (κ3) is 5.21. The summed E-state index contributed by atoms with van der Waals surface area (Å²) in [6, 6.07) is 16.0. The average Bonchev–Trinajstić information content (AvgIpc) is 3.16. The van der Waals surface area contributed by atoms with Gasteiger partial charge in [0.15, 0.2) is 11.4 Å². The zero-order valence-electron chi connectivity index (χ0n) is 19.8. The van der Waals surface area contributed by atoms with Crippen molar-refractivity contribution in [1.29, 1.82) is 0 Å². The highest BCUT2D eigenvalue weighted by Gasteiger charge is 2.23. The van der Waals surface area contributed by atoms with Gasteiger partial charge in [-0.15, -0.1) is 0 Å². The highest BCUT2D eigenvalue weighted by atomic mass is 79.9. The van der Waals surface area contributed by atoms with Crippen LogP contribution in [-0.2, 0) is 16.2 Å². The normalized spacial score (nSPS) is 10.9. The summed E-state index contributed by atoms with van der Waals surface area (Å²) >= 11 is 16.7. The zero-order valence-corrected chi connectivity index (χ0v) is 22.9. The van der Waals surface area contributed by atoms with E-state index in [0.717, 1.165) is 10.3 Å². The predicted octanol–water partition coefficient (Wildman–Crippen LogP) is 6.31. The van der Waals surface area contributed by atoms with E-state index >= 15 is 0 Å². The molecule has 0 saturated carbocycles. The van der Waals surface area contributed by atoms with Crippen molar-refractivity contribution in [1.82, 2.24) is 9.38 Å². The van der Waals surface area contributed by atoms with Gasteiger partial charge < -0.3 is 14.5 Å². The SMILES string of the molecule is CC(=O)N(CC(=O)N(C)c1ccc(Cl)c(COc2cccn3c(Br)c(C)nc23)c1Cl)c1ccccc1. The van der Waals surface area contributed by atoms with Crippen LogP contribution in [-0.4, -0.2) is 34.8 Å². The topological polar surface area (TPSA) is 67.2 Å². The van der Waals surface area contributed by atoms with Crippen molar-refractivity contribution in [3.8, 4) is 5.75 Å². The molecule has 4 aromatic rings. The van der Waals surface area contributed by atoms with E-state index in [2.05, 4.69) is 20.9 Å². The molecule has 2 heterocycles. The Balaban J connectivity index is 1.56. The van der Waals surface area contributed by atoms with E-state index in [9.17, 15) is 9.59 Å². The summed E-state index contributed by atoms with van der Waals surface area (Å²) in [4.78, 5) is 32.7. The number of benzene rings is 2. The number of amides is 2. The van der Waals surface area contributed by atoms with Gasteiger partial charge in [-0.05, 0) is 59.3 Å². The number of fused-ring (bicyclic) bond motifs is 1. The van der Waals surface area contributed by atoms with Crippen LogP contribution in [0.15, 0.2) is 65.4 Å². The Bertz CT molecular complexity index is 1440. The van der Waals surface area contributed by atoms with Crippen LogP contribution in [0, 0.1) is 6.92 Å². The molecule has 186 valence electrons. The van der Waals surface area contributed by atoms with E-state index in [0.29, 0.717) is 38.4 Å². The first-order chi connectivity index (χ1) is 17.2. The molecule has 4 rings (SSSR count). The van der Waals surface area contributed by atoms with Crippen molar-refractivity contribution in [2.45, 2.75) is 20.5 Å². The summed E-state index contributed by atoms with van der Waals surface area (Å²) < 4.78 is 8.78. The van der Waals surface area contributed by atoms with Crippen LogP contribution in [0.1, 0.15) is 18.2 Å². The summed E-state index contributed by atoms with van der Waals surface area (Å²) in [6.45, 7) is 3.25. The summed E-state index contributed by atoms with van der Waals surface area (Å²) in [5.74, 6) is 0.00938. The first kappa shape index (κ1) is 26.0. The van der Waals surface area contributed by atoms with Gasteiger partial charge in [-0.25, -0.2) is 4.98 Å². The number of halogens is 3. The number of hydrogen-bond donors (Lipinski definition) is 0. The van der Waals surface area contributed by atoms with E-state index in [1.165, 1.54) is 16.7 Å². The Hall–Kier alpha value is -3.07. The molecular weight excluding hydrogens is 567 g/mol. The number of rotatable bonds is 7. The van der Waals surface area contributed by atoms with Crippen LogP contribution >= 0.6 is 39.1 Å². The summed E-state index contributed by atoms with van der Waals surface area (Å²) in [7, 11) is 1.61. The number of pyridine rings is 1. The first-order valence-corrected chi connectivity index (χ1v) is 12.6. The minimum Gasteiger partial charge on any atom is -0.485 e. The maximum absolute atomic E-state index is 13.1. The highest BCUT2D eigenvalue weighted by Crippen LogP contribution is 2.35. The zero-order chi connectivity index (χ0) is 26.0. The fraction of sp³-hybridized carbons (Fsp3) is 0.192. The largest absolute Gasteiger partial charge is 0.485 e. The van der Waals surface area contributed by atoms with Crippen molar-refractivity contribution in [2.75, 3.05) is 23.4 Å². The van der Waals surface area contributed by atoms with Gasteiger partial charge in [0.05, 0.1) is 16.4 Å². The Morgan fingerprint density at radius 1 is 1.08 bits per heavy atom. The van der Waals surface area contributed by atoms with E-state index in [1.54, 1.807) is 31.3 Å². The number of para-hydroxylation sites is 1. The Kier molecular flexibility index (Phi) is 7.88. The van der Waals surface area contributed by atoms with Crippen LogP contribution in [0.3, 0.4) is 0 Å².